The molecule has 4 N–H and O–H groups in total. The van der Waals surface area contributed by atoms with Crippen LogP contribution in [0, 0.1) is 0 Å². The van der Waals surface area contributed by atoms with Gasteiger partial charge in [-0.3, -0.25) is 14.8 Å². The van der Waals surface area contributed by atoms with Crippen molar-refractivity contribution in [2.24, 2.45) is 0 Å². The molecule has 0 spiro atoms. The predicted molar refractivity (Wildman–Crippen MR) is 133 cm³/mol. The molecule has 1 saturated heterocycles. The van der Waals surface area contributed by atoms with Crippen molar-refractivity contribution in [3.8, 4) is 0 Å². The highest BCUT2D eigenvalue weighted by Crippen LogP contribution is 2.31. The molecule has 170 valence electrons. The van der Waals surface area contributed by atoms with Gasteiger partial charge in [0.15, 0.2) is 0 Å². The Morgan fingerprint density at radius 1 is 0.939 bits per heavy atom. The highest BCUT2D eigenvalue weighted by Gasteiger charge is 2.34. The number of urea groups is 1. The quantitative estimate of drug-likeness (QED) is 0.435. The number of nitrogens with one attached hydrogen (secondary N) is 2. The maximum Gasteiger partial charge on any atom is 0.315 e. The minimum Gasteiger partial charge on any atom is -0.399 e. The number of nitrogen functional groups attached to an aromatic ring is 1. The SMILES string of the molecule is Nc1ccc(CNC(=O)NC(C(=O)N2CCCN2c2ccccc2Br)c2ccccc2)cc1. The largest absolute Gasteiger partial charge is 0.399 e. The van der Waals surface area contributed by atoms with Gasteiger partial charge in [-0.05, 0) is 57.7 Å². The lowest BCUT2D eigenvalue weighted by molar-refractivity contribution is -0.132. The molecule has 1 unspecified atom stereocenters. The van der Waals surface area contributed by atoms with Crippen molar-refractivity contribution in [1.82, 2.24) is 15.6 Å². The first kappa shape index (κ1) is 22.7. The third-order valence-electron chi connectivity index (χ3n) is 5.50. The molecular formula is C25H26BrN5O2. The summed E-state index contributed by atoms with van der Waals surface area (Å²) in [5.74, 6) is -0.183. The van der Waals surface area contributed by atoms with Crippen molar-refractivity contribution in [1.29, 1.82) is 0 Å². The van der Waals surface area contributed by atoms with Gasteiger partial charge in [0.25, 0.3) is 5.91 Å². The molecule has 1 fully saturated rings. The molecule has 0 bridgehead atoms. The predicted octanol–water partition coefficient (Wildman–Crippen LogP) is 4.23. The van der Waals surface area contributed by atoms with E-state index in [0.717, 1.165) is 34.3 Å². The standard InChI is InChI=1S/C25H26BrN5O2/c26-21-9-4-5-10-22(21)30-15-6-16-31(30)24(32)23(19-7-2-1-3-8-19)29-25(33)28-17-18-11-13-20(27)14-12-18/h1-5,7-14,23H,6,15-17,27H2,(H2,28,29,33). The number of benzene rings is 3. The van der Waals surface area contributed by atoms with Gasteiger partial charge < -0.3 is 16.4 Å². The maximum atomic E-state index is 13.7. The summed E-state index contributed by atoms with van der Waals surface area (Å²) in [6.45, 7) is 1.63. The van der Waals surface area contributed by atoms with E-state index in [2.05, 4.69) is 26.6 Å². The fourth-order valence-corrected chi connectivity index (χ4v) is 4.32. The van der Waals surface area contributed by atoms with Gasteiger partial charge in [-0.1, -0.05) is 54.6 Å². The van der Waals surface area contributed by atoms with Crippen LogP contribution in [0.3, 0.4) is 0 Å². The lowest BCUT2D eigenvalue weighted by Gasteiger charge is -2.33. The molecule has 4 rings (SSSR count). The second-order valence-corrected chi connectivity index (χ2v) is 8.66. The van der Waals surface area contributed by atoms with Crippen LogP contribution in [0.2, 0.25) is 0 Å². The topological polar surface area (TPSA) is 90.7 Å². The second kappa shape index (κ2) is 10.4. The molecule has 3 aromatic rings. The normalized spacial score (nSPS) is 14.1. The van der Waals surface area contributed by atoms with Crippen LogP contribution in [-0.4, -0.2) is 30.0 Å². The van der Waals surface area contributed by atoms with Gasteiger partial charge in [0, 0.05) is 29.8 Å². The molecule has 1 aliphatic heterocycles. The van der Waals surface area contributed by atoms with Crippen LogP contribution in [0.15, 0.2) is 83.3 Å². The molecular weight excluding hydrogens is 482 g/mol. The van der Waals surface area contributed by atoms with E-state index in [-0.39, 0.29) is 5.91 Å². The number of anilines is 2. The first-order valence-corrected chi connectivity index (χ1v) is 11.6. The van der Waals surface area contributed by atoms with Gasteiger partial charge in [0.2, 0.25) is 0 Å². The number of hydrazine groups is 1. The monoisotopic (exact) mass is 507 g/mol. The number of nitrogens with zero attached hydrogens (tertiary/aromatic N) is 2. The van der Waals surface area contributed by atoms with E-state index in [1.54, 1.807) is 17.1 Å². The molecule has 3 amide bonds. The van der Waals surface area contributed by atoms with Gasteiger partial charge in [-0.25, -0.2) is 4.79 Å². The van der Waals surface area contributed by atoms with Crippen LogP contribution in [0.1, 0.15) is 23.6 Å². The minimum absolute atomic E-state index is 0.183. The Bertz CT molecular complexity index is 1110. The van der Waals surface area contributed by atoms with Crippen LogP contribution < -0.4 is 21.4 Å². The molecule has 0 saturated carbocycles. The summed E-state index contributed by atoms with van der Waals surface area (Å²) in [4.78, 5) is 26.5. The van der Waals surface area contributed by atoms with Crippen molar-refractivity contribution in [3.63, 3.8) is 0 Å². The molecule has 1 atom stereocenters. The molecule has 1 aliphatic rings. The summed E-state index contributed by atoms with van der Waals surface area (Å²) in [5, 5.41) is 9.40. The van der Waals surface area contributed by atoms with Gasteiger partial charge in [-0.15, -0.1) is 0 Å². The van der Waals surface area contributed by atoms with Crippen LogP contribution in [0.25, 0.3) is 0 Å². The Hall–Kier alpha value is -3.52. The molecule has 1 heterocycles. The second-order valence-electron chi connectivity index (χ2n) is 7.80. The zero-order valence-electron chi connectivity index (χ0n) is 18.1. The molecule has 8 heteroatoms. The van der Waals surface area contributed by atoms with Crippen molar-refractivity contribution in [2.75, 3.05) is 23.8 Å². The summed E-state index contributed by atoms with van der Waals surface area (Å²) >= 11 is 3.59. The summed E-state index contributed by atoms with van der Waals surface area (Å²) in [5.41, 5.74) is 8.95. The fraction of sp³-hybridized carbons (Fsp3) is 0.200. The van der Waals surface area contributed by atoms with E-state index in [1.807, 2.05) is 71.7 Å². The summed E-state index contributed by atoms with van der Waals surface area (Å²) in [6, 6.07) is 23.2. The molecule has 7 nitrogen and oxygen atoms in total. The highest BCUT2D eigenvalue weighted by molar-refractivity contribution is 9.10. The summed E-state index contributed by atoms with van der Waals surface area (Å²) in [7, 11) is 0. The van der Waals surface area contributed by atoms with Crippen molar-refractivity contribution >= 4 is 39.2 Å². The molecule has 3 aromatic carbocycles. The zero-order valence-corrected chi connectivity index (χ0v) is 19.7. The molecule has 33 heavy (non-hydrogen) atoms. The summed E-state index contributed by atoms with van der Waals surface area (Å²) < 4.78 is 0.912. The summed E-state index contributed by atoms with van der Waals surface area (Å²) in [6.07, 6.45) is 0.845. The Labute approximate surface area is 201 Å². The number of halogens is 1. The third-order valence-corrected chi connectivity index (χ3v) is 6.17. The maximum absolute atomic E-state index is 13.7. The van der Waals surface area contributed by atoms with Crippen molar-refractivity contribution < 1.29 is 9.59 Å². The number of nitrogens with two attached hydrogens (primary N) is 1. The third kappa shape index (κ3) is 5.46. The molecule has 0 aliphatic carbocycles. The Kier molecular flexibility index (Phi) is 7.14. The highest BCUT2D eigenvalue weighted by atomic mass is 79.9. The lowest BCUT2D eigenvalue weighted by Crippen LogP contribution is -2.49. The van der Waals surface area contributed by atoms with Crippen molar-refractivity contribution in [3.05, 3.63) is 94.5 Å². The van der Waals surface area contributed by atoms with E-state index in [1.165, 1.54) is 0 Å². The number of para-hydroxylation sites is 1. The van der Waals surface area contributed by atoms with Crippen LogP contribution in [-0.2, 0) is 11.3 Å². The fourth-order valence-electron chi connectivity index (χ4n) is 3.83. The van der Waals surface area contributed by atoms with E-state index in [9.17, 15) is 9.59 Å². The number of hydrogen-bond donors (Lipinski definition) is 3. The number of carbonyl (C=O) groups is 2. The number of rotatable bonds is 6. The smallest absolute Gasteiger partial charge is 0.315 e. The van der Waals surface area contributed by atoms with Crippen LogP contribution in [0.5, 0.6) is 0 Å². The average molecular weight is 508 g/mol. The number of amides is 3. The average Bonchev–Trinajstić information content (AvgIpc) is 3.32. The lowest BCUT2D eigenvalue weighted by atomic mass is 10.1. The van der Waals surface area contributed by atoms with Gasteiger partial charge in [0.05, 0.1) is 5.69 Å². The van der Waals surface area contributed by atoms with Gasteiger partial charge in [-0.2, -0.15) is 0 Å². The number of carbonyl (C=O) groups excluding carboxylic acids is 2. The van der Waals surface area contributed by atoms with Gasteiger partial charge >= 0.3 is 6.03 Å². The number of hydrogen-bond acceptors (Lipinski definition) is 4. The first-order chi connectivity index (χ1) is 16.0. The van der Waals surface area contributed by atoms with E-state index in [0.29, 0.717) is 18.8 Å². The van der Waals surface area contributed by atoms with Crippen molar-refractivity contribution in [2.45, 2.75) is 19.0 Å². The van der Waals surface area contributed by atoms with Crippen LogP contribution in [0.4, 0.5) is 16.2 Å². The minimum atomic E-state index is -0.819. The first-order valence-electron chi connectivity index (χ1n) is 10.8. The Balaban J connectivity index is 1.51. The van der Waals surface area contributed by atoms with E-state index in [4.69, 9.17) is 5.73 Å². The van der Waals surface area contributed by atoms with Crippen LogP contribution >= 0.6 is 15.9 Å². The zero-order chi connectivity index (χ0) is 23.2. The molecule has 0 aromatic heterocycles. The van der Waals surface area contributed by atoms with Gasteiger partial charge in [0.1, 0.15) is 6.04 Å². The van der Waals surface area contributed by atoms with E-state index >= 15 is 0 Å². The Morgan fingerprint density at radius 3 is 2.36 bits per heavy atom. The van der Waals surface area contributed by atoms with E-state index < -0.39 is 12.1 Å². The molecule has 0 radical (unpaired) electrons. The Morgan fingerprint density at radius 2 is 1.64 bits per heavy atom.